The van der Waals surface area contributed by atoms with Crippen molar-refractivity contribution in [3.8, 4) is 0 Å². The quantitative estimate of drug-likeness (QED) is 0.792. The molecule has 0 amide bonds. The SMILES string of the molecule is CCc1nc(CN2CCC(O)CC2)no1. The largest absolute Gasteiger partial charge is 0.393 e. The first kappa shape index (κ1) is 10.6. The summed E-state index contributed by atoms with van der Waals surface area (Å²) in [5.41, 5.74) is 0. The average Bonchev–Trinajstić information content (AvgIpc) is 2.69. The van der Waals surface area contributed by atoms with E-state index < -0.39 is 0 Å². The van der Waals surface area contributed by atoms with E-state index in [9.17, 15) is 5.11 Å². The highest BCUT2D eigenvalue weighted by molar-refractivity contribution is 4.87. The minimum Gasteiger partial charge on any atom is -0.393 e. The van der Waals surface area contributed by atoms with Crippen LogP contribution in [0.2, 0.25) is 0 Å². The molecule has 0 unspecified atom stereocenters. The van der Waals surface area contributed by atoms with Gasteiger partial charge in [-0.2, -0.15) is 4.98 Å². The van der Waals surface area contributed by atoms with Crippen LogP contribution in [0.15, 0.2) is 4.52 Å². The number of nitrogens with zero attached hydrogens (tertiary/aromatic N) is 3. The van der Waals surface area contributed by atoms with Gasteiger partial charge in [0.15, 0.2) is 5.82 Å². The van der Waals surface area contributed by atoms with Crippen LogP contribution < -0.4 is 0 Å². The second-order valence-electron chi connectivity index (χ2n) is 3.97. The van der Waals surface area contributed by atoms with E-state index in [0.29, 0.717) is 5.89 Å². The van der Waals surface area contributed by atoms with Gasteiger partial charge in [0.2, 0.25) is 5.89 Å². The maximum atomic E-state index is 9.36. The van der Waals surface area contributed by atoms with E-state index in [1.54, 1.807) is 0 Å². The third-order valence-electron chi connectivity index (χ3n) is 2.73. The van der Waals surface area contributed by atoms with Gasteiger partial charge in [0.05, 0.1) is 12.6 Å². The minimum atomic E-state index is -0.127. The second kappa shape index (κ2) is 4.72. The van der Waals surface area contributed by atoms with Crippen LogP contribution in [0.25, 0.3) is 0 Å². The van der Waals surface area contributed by atoms with Gasteiger partial charge < -0.3 is 9.63 Å². The molecule has 5 heteroatoms. The third-order valence-corrected chi connectivity index (χ3v) is 2.73. The number of aromatic nitrogens is 2. The molecule has 1 saturated heterocycles. The van der Waals surface area contributed by atoms with Gasteiger partial charge in [-0.3, -0.25) is 4.90 Å². The molecule has 5 nitrogen and oxygen atoms in total. The smallest absolute Gasteiger partial charge is 0.226 e. The van der Waals surface area contributed by atoms with Crippen molar-refractivity contribution in [3.05, 3.63) is 11.7 Å². The molecule has 1 aromatic rings. The fraction of sp³-hybridized carbons (Fsp3) is 0.800. The first-order valence-corrected chi connectivity index (χ1v) is 5.50. The lowest BCUT2D eigenvalue weighted by Gasteiger charge is -2.28. The summed E-state index contributed by atoms with van der Waals surface area (Å²) in [7, 11) is 0. The van der Waals surface area contributed by atoms with Crippen LogP contribution in [0.1, 0.15) is 31.5 Å². The molecular weight excluding hydrogens is 194 g/mol. The van der Waals surface area contributed by atoms with Crippen LogP contribution >= 0.6 is 0 Å². The first-order chi connectivity index (χ1) is 7.28. The van der Waals surface area contributed by atoms with Crippen LogP contribution in [0, 0.1) is 0 Å². The number of aliphatic hydroxyl groups is 1. The fourth-order valence-electron chi connectivity index (χ4n) is 1.78. The van der Waals surface area contributed by atoms with Crippen molar-refractivity contribution in [1.29, 1.82) is 0 Å². The lowest BCUT2D eigenvalue weighted by molar-refractivity contribution is 0.0777. The Morgan fingerprint density at radius 3 is 2.80 bits per heavy atom. The summed E-state index contributed by atoms with van der Waals surface area (Å²) in [5, 5.41) is 13.3. The van der Waals surface area contributed by atoms with Crippen LogP contribution in [0.4, 0.5) is 0 Å². The van der Waals surface area contributed by atoms with Gasteiger partial charge in [-0.1, -0.05) is 12.1 Å². The molecule has 1 aliphatic rings. The lowest BCUT2D eigenvalue weighted by atomic mass is 10.1. The van der Waals surface area contributed by atoms with Crippen molar-refractivity contribution < 1.29 is 9.63 Å². The number of rotatable bonds is 3. The molecule has 1 aromatic heterocycles. The molecule has 1 fully saturated rings. The van der Waals surface area contributed by atoms with E-state index in [-0.39, 0.29) is 6.10 Å². The molecule has 0 bridgehead atoms. The van der Waals surface area contributed by atoms with Crippen LogP contribution in [-0.4, -0.2) is 39.3 Å². The third kappa shape index (κ3) is 2.76. The summed E-state index contributed by atoms with van der Waals surface area (Å²) in [6.07, 6.45) is 2.35. The predicted octanol–water partition coefficient (Wildman–Crippen LogP) is 0.589. The molecule has 15 heavy (non-hydrogen) atoms. The highest BCUT2D eigenvalue weighted by atomic mass is 16.5. The van der Waals surface area contributed by atoms with Crippen molar-refractivity contribution in [1.82, 2.24) is 15.0 Å². The van der Waals surface area contributed by atoms with Gasteiger partial charge >= 0.3 is 0 Å². The first-order valence-electron chi connectivity index (χ1n) is 5.50. The number of hydrogen-bond donors (Lipinski definition) is 1. The van der Waals surface area contributed by atoms with Crippen LogP contribution in [-0.2, 0) is 13.0 Å². The Morgan fingerprint density at radius 2 is 2.20 bits per heavy atom. The number of piperidine rings is 1. The van der Waals surface area contributed by atoms with Gasteiger partial charge in [-0.25, -0.2) is 0 Å². The van der Waals surface area contributed by atoms with E-state index in [1.165, 1.54) is 0 Å². The summed E-state index contributed by atoms with van der Waals surface area (Å²) < 4.78 is 5.04. The summed E-state index contributed by atoms with van der Waals surface area (Å²) in [6.45, 7) is 4.55. The normalized spacial score (nSPS) is 19.6. The zero-order valence-electron chi connectivity index (χ0n) is 9.02. The molecule has 84 valence electrons. The van der Waals surface area contributed by atoms with E-state index >= 15 is 0 Å². The number of likely N-dealkylation sites (tertiary alicyclic amines) is 1. The average molecular weight is 211 g/mol. The van der Waals surface area contributed by atoms with Crippen LogP contribution in [0.5, 0.6) is 0 Å². The molecule has 0 radical (unpaired) electrons. The standard InChI is InChI=1S/C10H17N3O2/c1-2-10-11-9(12-15-10)7-13-5-3-8(14)4-6-13/h8,14H,2-7H2,1H3. The van der Waals surface area contributed by atoms with Gasteiger partial charge in [-0.05, 0) is 12.8 Å². The number of aryl methyl sites for hydroxylation is 1. The summed E-state index contributed by atoms with van der Waals surface area (Å²) in [6, 6.07) is 0. The molecule has 1 N–H and O–H groups in total. The zero-order chi connectivity index (χ0) is 10.7. The Balaban J connectivity index is 1.86. The topological polar surface area (TPSA) is 62.4 Å². The molecule has 0 spiro atoms. The lowest BCUT2D eigenvalue weighted by Crippen LogP contribution is -2.35. The molecule has 2 rings (SSSR count). The molecule has 0 aromatic carbocycles. The van der Waals surface area contributed by atoms with Gasteiger partial charge in [0.25, 0.3) is 0 Å². The Hall–Kier alpha value is -0.940. The van der Waals surface area contributed by atoms with E-state index in [2.05, 4.69) is 15.0 Å². The predicted molar refractivity (Wildman–Crippen MR) is 54.2 cm³/mol. The highest BCUT2D eigenvalue weighted by Gasteiger charge is 2.18. The molecule has 0 aliphatic carbocycles. The van der Waals surface area contributed by atoms with Crippen molar-refractivity contribution >= 4 is 0 Å². The Bertz CT molecular complexity index is 305. The Morgan fingerprint density at radius 1 is 1.47 bits per heavy atom. The maximum absolute atomic E-state index is 9.36. The van der Waals surface area contributed by atoms with Crippen molar-refractivity contribution in [2.24, 2.45) is 0 Å². The molecular formula is C10H17N3O2. The molecule has 1 aliphatic heterocycles. The number of aliphatic hydroxyl groups excluding tert-OH is 1. The maximum Gasteiger partial charge on any atom is 0.226 e. The van der Waals surface area contributed by atoms with Crippen LogP contribution in [0.3, 0.4) is 0 Å². The van der Waals surface area contributed by atoms with Crippen molar-refractivity contribution in [2.45, 2.75) is 38.8 Å². The molecule has 0 atom stereocenters. The monoisotopic (exact) mass is 211 g/mol. The second-order valence-corrected chi connectivity index (χ2v) is 3.97. The van der Waals surface area contributed by atoms with Gasteiger partial charge in [0.1, 0.15) is 0 Å². The van der Waals surface area contributed by atoms with Gasteiger partial charge in [0, 0.05) is 19.5 Å². The molecule has 2 heterocycles. The highest BCUT2D eigenvalue weighted by Crippen LogP contribution is 2.12. The van der Waals surface area contributed by atoms with E-state index in [1.807, 2.05) is 6.92 Å². The van der Waals surface area contributed by atoms with Crippen molar-refractivity contribution in [2.75, 3.05) is 13.1 Å². The fourth-order valence-corrected chi connectivity index (χ4v) is 1.78. The Kier molecular flexibility index (Phi) is 3.33. The van der Waals surface area contributed by atoms with E-state index in [0.717, 1.165) is 44.7 Å². The zero-order valence-corrected chi connectivity index (χ0v) is 9.02. The van der Waals surface area contributed by atoms with Crippen molar-refractivity contribution in [3.63, 3.8) is 0 Å². The summed E-state index contributed by atoms with van der Waals surface area (Å²) in [4.78, 5) is 6.51. The Labute approximate surface area is 89.1 Å². The minimum absolute atomic E-state index is 0.127. The summed E-state index contributed by atoms with van der Waals surface area (Å²) >= 11 is 0. The molecule has 0 saturated carbocycles. The van der Waals surface area contributed by atoms with Gasteiger partial charge in [-0.15, -0.1) is 0 Å². The number of hydrogen-bond acceptors (Lipinski definition) is 5. The van der Waals surface area contributed by atoms with E-state index in [4.69, 9.17) is 4.52 Å². The summed E-state index contributed by atoms with van der Waals surface area (Å²) in [5.74, 6) is 1.45.